The molecule has 0 saturated carbocycles. The van der Waals surface area contributed by atoms with Gasteiger partial charge in [-0.3, -0.25) is 0 Å². The van der Waals surface area contributed by atoms with Crippen LogP contribution in [-0.4, -0.2) is 7.11 Å². The third-order valence-electron chi connectivity index (χ3n) is 3.24. The summed E-state index contributed by atoms with van der Waals surface area (Å²) in [6, 6.07) is 14.3. The Balaban J connectivity index is 2.35. The van der Waals surface area contributed by atoms with E-state index in [0.717, 1.165) is 11.3 Å². The number of hydrogen-bond acceptors (Lipinski definition) is 2. The molecule has 0 bridgehead atoms. The van der Waals surface area contributed by atoms with Gasteiger partial charge in [0, 0.05) is 11.1 Å². The first-order valence-electron chi connectivity index (χ1n) is 6.20. The van der Waals surface area contributed by atoms with Crippen LogP contribution in [-0.2, 0) is 12.0 Å². The lowest BCUT2D eigenvalue weighted by atomic mass is 9.86. The van der Waals surface area contributed by atoms with Crippen molar-refractivity contribution < 1.29 is 9.13 Å². The van der Waals surface area contributed by atoms with Crippen LogP contribution in [0.25, 0.3) is 0 Å². The van der Waals surface area contributed by atoms with E-state index >= 15 is 0 Å². The summed E-state index contributed by atoms with van der Waals surface area (Å²) in [6.07, 6.45) is 0.417. The Kier molecular flexibility index (Phi) is 3.86. The molecule has 0 aliphatic carbocycles. The molecule has 0 radical (unpaired) electrons. The largest absolute Gasteiger partial charge is 0.496 e. The molecule has 2 aromatic rings. The van der Waals surface area contributed by atoms with Gasteiger partial charge in [-0.15, -0.1) is 0 Å². The molecule has 0 fully saturated rings. The van der Waals surface area contributed by atoms with Gasteiger partial charge in [0.1, 0.15) is 11.6 Å². The van der Waals surface area contributed by atoms with Crippen LogP contribution in [0.4, 0.5) is 4.39 Å². The van der Waals surface area contributed by atoms with Crippen LogP contribution in [0.1, 0.15) is 18.1 Å². The standard InChI is InChI=1S/C16H18FNO/c1-16(18,11-12-7-3-5-9-14(12)17)13-8-4-6-10-15(13)19-2/h3-10H,11,18H2,1-2H3. The molecule has 0 amide bonds. The number of nitrogens with two attached hydrogens (primary N) is 1. The molecule has 2 nitrogen and oxygen atoms in total. The number of methoxy groups -OCH3 is 1. The lowest BCUT2D eigenvalue weighted by molar-refractivity contribution is 0.384. The number of benzene rings is 2. The van der Waals surface area contributed by atoms with Crippen molar-refractivity contribution in [3.8, 4) is 5.75 Å². The predicted molar refractivity (Wildman–Crippen MR) is 74.6 cm³/mol. The molecule has 19 heavy (non-hydrogen) atoms. The summed E-state index contributed by atoms with van der Waals surface area (Å²) in [7, 11) is 1.61. The highest BCUT2D eigenvalue weighted by Gasteiger charge is 2.26. The lowest BCUT2D eigenvalue weighted by Gasteiger charge is -2.27. The Bertz CT molecular complexity index is 566. The first kappa shape index (κ1) is 13.6. The van der Waals surface area contributed by atoms with Gasteiger partial charge >= 0.3 is 0 Å². The number of rotatable bonds is 4. The number of hydrogen-bond donors (Lipinski definition) is 1. The van der Waals surface area contributed by atoms with Gasteiger partial charge in [0.05, 0.1) is 7.11 Å². The van der Waals surface area contributed by atoms with E-state index in [1.165, 1.54) is 6.07 Å². The minimum Gasteiger partial charge on any atom is -0.496 e. The van der Waals surface area contributed by atoms with E-state index in [0.29, 0.717) is 12.0 Å². The summed E-state index contributed by atoms with van der Waals surface area (Å²) in [5.74, 6) is 0.498. The van der Waals surface area contributed by atoms with Crippen molar-refractivity contribution in [2.24, 2.45) is 5.73 Å². The van der Waals surface area contributed by atoms with Crippen LogP contribution in [0.3, 0.4) is 0 Å². The second kappa shape index (κ2) is 5.41. The van der Waals surface area contributed by atoms with E-state index in [-0.39, 0.29) is 5.82 Å². The van der Waals surface area contributed by atoms with E-state index in [1.54, 1.807) is 19.2 Å². The predicted octanol–water partition coefficient (Wildman–Crippen LogP) is 3.25. The van der Waals surface area contributed by atoms with Crippen molar-refractivity contribution in [2.45, 2.75) is 18.9 Å². The second-order valence-electron chi connectivity index (χ2n) is 4.89. The Morgan fingerprint density at radius 2 is 1.74 bits per heavy atom. The summed E-state index contributed by atoms with van der Waals surface area (Å²) in [6.45, 7) is 1.89. The topological polar surface area (TPSA) is 35.2 Å². The Morgan fingerprint density at radius 3 is 2.42 bits per heavy atom. The van der Waals surface area contributed by atoms with Crippen molar-refractivity contribution in [1.29, 1.82) is 0 Å². The molecule has 1 atom stereocenters. The van der Waals surface area contributed by atoms with Crippen molar-refractivity contribution in [3.63, 3.8) is 0 Å². The minimum atomic E-state index is -0.686. The van der Waals surface area contributed by atoms with Crippen LogP contribution in [0.15, 0.2) is 48.5 Å². The molecule has 0 heterocycles. The highest BCUT2D eigenvalue weighted by atomic mass is 19.1. The lowest BCUT2D eigenvalue weighted by Crippen LogP contribution is -2.36. The van der Waals surface area contributed by atoms with Crippen molar-refractivity contribution in [2.75, 3.05) is 7.11 Å². The van der Waals surface area contributed by atoms with E-state index in [2.05, 4.69) is 0 Å². The summed E-state index contributed by atoms with van der Waals surface area (Å²) in [4.78, 5) is 0. The Morgan fingerprint density at radius 1 is 1.11 bits per heavy atom. The van der Waals surface area contributed by atoms with E-state index in [9.17, 15) is 4.39 Å². The molecule has 1 unspecified atom stereocenters. The average molecular weight is 259 g/mol. The van der Waals surface area contributed by atoms with Gasteiger partial charge in [-0.2, -0.15) is 0 Å². The first-order chi connectivity index (χ1) is 9.04. The number of halogens is 1. The van der Waals surface area contributed by atoms with E-state index in [4.69, 9.17) is 10.5 Å². The zero-order valence-corrected chi connectivity index (χ0v) is 11.2. The molecule has 0 aliphatic rings. The second-order valence-corrected chi connectivity index (χ2v) is 4.89. The molecule has 2 N–H and O–H groups in total. The SMILES string of the molecule is COc1ccccc1C(C)(N)Cc1ccccc1F. The zero-order chi connectivity index (χ0) is 13.9. The van der Waals surface area contributed by atoms with Crippen LogP contribution < -0.4 is 10.5 Å². The quantitative estimate of drug-likeness (QED) is 0.914. The summed E-state index contributed by atoms with van der Waals surface area (Å²) < 4.78 is 19.1. The van der Waals surface area contributed by atoms with E-state index < -0.39 is 5.54 Å². The van der Waals surface area contributed by atoms with Crippen molar-refractivity contribution >= 4 is 0 Å². The van der Waals surface area contributed by atoms with Gasteiger partial charge in [-0.05, 0) is 31.0 Å². The third kappa shape index (κ3) is 2.93. The zero-order valence-electron chi connectivity index (χ0n) is 11.2. The van der Waals surface area contributed by atoms with Crippen LogP contribution >= 0.6 is 0 Å². The maximum Gasteiger partial charge on any atom is 0.126 e. The summed E-state index contributed by atoms with van der Waals surface area (Å²) >= 11 is 0. The van der Waals surface area contributed by atoms with Gasteiger partial charge in [-0.1, -0.05) is 36.4 Å². The van der Waals surface area contributed by atoms with Gasteiger partial charge in [0.25, 0.3) is 0 Å². The van der Waals surface area contributed by atoms with Crippen molar-refractivity contribution in [1.82, 2.24) is 0 Å². The van der Waals surface area contributed by atoms with Gasteiger partial charge < -0.3 is 10.5 Å². The molecule has 2 rings (SSSR count). The normalized spacial score (nSPS) is 13.9. The Labute approximate surface area is 113 Å². The fraction of sp³-hybridized carbons (Fsp3) is 0.250. The van der Waals surface area contributed by atoms with Crippen LogP contribution in [0, 0.1) is 5.82 Å². The number of ether oxygens (including phenoxy) is 1. The van der Waals surface area contributed by atoms with Gasteiger partial charge in [0.15, 0.2) is 0 Å². The van der Waals surface area contributed by atoms with E-state index in [1.807, 2.05) is 37.3 Å². The van der Waals surface area contributed by atoms with Gasteiger partial charge in [0.2, 0.25) is 0 Å². The summed E-state index contributed by atoms with van der Waals surface area (Å²) in [5.41, 5.74) is 7.17. The summed E-state index contributed by atoms with van der Waals surface area (Å²) in [5, 5.41) is 0. The average Bonchev–Trinajstić information content (AvgIpc) is 2.41. The molecular weight excluding hydrogens is 241 g/mol. The van der Waals surface area contributed by atoms with Crippen LogP contribution in [0.5, 0.6) is 5.75 Å². The van der Waals surface area contributed by atoms with Crippen molar-refractivity contribution in [3.05, 3.63) is 65.5 Å². The molecule has 2 aromatic carbocycles. The molecule has 0 saturated heterocycles. The van der Waals surface area contributed by atoms with Gasteiger partial charge in [-0.25, -0.2) is 4.39 Å². The first-order valence-corrected chi connectivity index (χ1v) is 6.20. The number of para-hydroxylation sites is 1. The van der Waals surface area contributed by atoms with Crippen LogP contribution in [0.2, 0.25) is 0 Å². The maximum atomic E-state index is 13.7. The molecule has 100 valence electrons. The molecule has 0 aromatic heterocycles. The Hall–Kier alpha value is -1.87. The molecule has 0 spiro atoms. The fourth-order valence-corrected chi connectivity index (χ4v) is 2.25. The smallest absolute Gasteiger partial charge is 0.126 e. The maximum absolute atomic E-state index is 13.7. The molecule has 0 aliphatic heterocycles. The fourth-order valence-electron chi connectivity index (χ4n) is 2.25. The minimum absolute atomic E-state index is 0.228. The molecule has 3 heteroatoms. The highest BCUT2D eigenvalue weighted by Crippen LogP contribution is 2.31. The third-order valence-corrected chi connectivity index (χ3v) is 3.24. The highest BCUT2D eigenvalue weighted by molar-refractivity contribution is 5.39. The monoisotopic (exact) mass is 259 g/mol. The molecular formula is C16H18FNO.